The molecule has 0 aliphatic carbocycles. The number of nitrogens with zero attached hydrogens (tertiary/aromatic N) is 1. The van der Waals surface area contributed by atoms with Crippen LogP contribution in [0.1, 0.15) is 23.1 Å². The molecule has 0 saturated heterocycles. The molecule has 2 aromatic carbocycles. The van der Waals surface area contributed by atoms with Crippen molar-refractivity contribution in [2.75, 3.05) is 5.32 Å². The third-order valence-electron chi connectivity index (χ3n) is 3.63. The first-order valence-electron chi connectivity index (χ1n) is 7.70. The largest absolute Gasteiger partial charge is 0.486 e. The van der Waals surface area contributed by atoms with Crippen molar-refractivity contribution in [2.45, 2.75) is 26.6 Å². The lowest BCUT2D eigenvalue weighted by molar-refractivity contribution is -0.137. The molecule has 0 atom stereocenters. The first-order valence-corrected chi connectivity index (χ1v) is 8.52. The number of fused-ring (bicyclic) bond motifs is 1. The number of anilines is 1. The molecule has 26 heavy (non-hydrogen) atoms. The summed E-state index contributed by atoms with van der Waals surface area (Å²) in [6, 6.07) is 8.72. The summed E-state index contributed by atoms with van der Waals surface area (Å²) in [6.07, 6.45) is -4.37. The first kappa shape index (κ1) is 18.2. The standard InChI is InChI=1S/C18H15F3N2O2S/c1-10-7-13(4-6-14(10)22-11(2)24)25-9-17-23-15-5-3-12(18(19,20)21)8-16(15)26-17/h3-8H,9H2,1-2H3,(H,22,24). The quantitative estimate of drug-likeness (QED) is 0.680. The zero-order chi connectivity index (χ0) is 18.9. The van der Waals surface area contributed by atoms with Crippen LogP contribution in [0.15, 0.2) is 36.4 Å². The van der Waals surface area contributed by atoms with Crippen LogP contribution in [0.2, 0.25) is 0 Å². The summed E-state index contributed by atoms with van der Waals surface area (Å²) in [6.45, 7) is 3.43. The monoisotopic (exact) mass is 380 g/mol. The number of hydrogen-bond acceptors (Lipinski definition) is 4. The van der Waals surface area contributed by atoms with Gasteiger partial charge >= 0.3 is 6.18 Å². The number of hydrogen-bond donors (Lipinski definition) is 1. The van der Waals surface area contributed by atoms with Gasteiger partial charge in [-0.25, -0.2) is 4.98 Å². The molecular formula is C18H15F3N2O2S. The summed E-state index contributed by atoms with van der Waals surface area (Å²) in [7, 11) is 0. The molecule has 1 N–H and O–H groups in total. The van der Waals surface area contributed by atoms with Crippen LogP contribution in [-0.4, -0.2) is 10.9 Å². The molecule has 4 nitrogen and oxygen atoms in total. The molecule has 0 bridgehead atoms. The van der Waals surface area contributed by atoms with Crippen molar-refractivity contribution < 1.29 is 22.7 Å². The minimum atomic E-state index is -4.37. The van der Waals surface area contributed by atoms with Gasteiger partial charge in [-0.15, -0.1) is 11.3 Å². The Morgan fingerprint density at radius 1 is 1.23 bits per heavy atom. The van der Waals surface area contributed by atoms with Gasteiger partial charge in [-0.1, -0.05) is 0 Å². The minimum absolute atomic E-state index is 0.152. The van der Waals surface area contributed by atoms with Gasteiger partial charge in [0.1, 0.15) is 17.4 Å². The molecule has 8 heteroatoms. The zero-order valence-electron chi connectivity index (χ0n) is 14.0. The van der Waals surface area contributed by atoms with Gasteiger partial charge in [0.15, 0.2) is 0 Å². The van der Waals surface area contributed by atoms with Crippen LogP contribution < -0.4 is 10.1 Å². The highest BCUT2D eigenvalue weighted by Crippen LogP contribution is 2.33. The van der Waals surface area contributed by atoms with Crippen LogP contribution in [0.5, 0.6) is 5.75 Å². The predicted octanol–water partition coefficient (Wildman–Crippen LogP) is 5.16. The number of thiazole rings is 1. The summed E-state index contributed by atoms with van der Waals surface area (Å²) < 4.78 is 44.5. The maximum absolute atomic E-state index is 12.8. The molecule has 0 saturated carbocycles. The molecule has 0 unspecified atom stereocenters. The van der Waals surface area contributed by atoms with E-state index in [2.05, 4.69) is 10.3 Å². The van der Waals surface area contributed by atoms with Crippen molar-refractivity contribution in [2.24, 2.45) is 0 Å². The Bertz CT molecular complexity index is 967. The van der Waals surface area contributed by atoms with E-state index in [-0.39, 0.29) is 12.5 Å². The van der Waals surface area contributed by atoms with Gasteiger partial charge in [-0.3, -0.25) is 4.79 Å². The van der Waals surface area contributed by atoms with Gasteiger partial charge in [0.25, 0.3) is 0 Å². The number of aryl methyl sites for hydroxylation is 1. The molecule has 0 radical (unpaired) electrons. The first-order chi connectivity index (χ1) is 12.2. The van der Waals surface area contributed by atoms with Crippen molar-refractivity contribution in [3.05, 3.63) is 52.5 Å². The average Bonchev–Trinajstić information content (AvgIpc) is 2.96. The number of alkyl halides is 3. The van der Waals surface area contributed by atoms with Crippen LogP contribution in [0.3, 0.4) is 0 Å². The van der Waals surface area contributed by atoms with Gasteiger partial charge in [0.2, 0.25) is 5.91 Å². The molecule has 1 aromatic heterocycles. The summed E-state index contributed by atoms with van der Waals surface area (Å²) in [5, 5.41) is 3.30. The fraction of sp³-hybridized carbons (Fsp3) is 0.222. The van der Waals surface area contributed by atoms with Crippen LogP contribution >= 0.6 is 11.3 Å². The van der Waals surface area contributed by atoms with E-state index in [1.54, 1.807) is 18.2 Å². The second-order valence-corrected chi connectivity index (χ2v) is 6.85. The third kappa shape index (κ3) is 4.13. The number of nitrogens with one attached hydrogen (secondary N) is 1. The summed E-state index contributed by atoms with van der Waals surface area (Å²) in [5.74, 6) is 0.432. The summed E-state index contributed by atoms with van der Waals surface area (Å²) >= 11 is 1.17. The molecule has 0 spiro atoms. The Kier molecular flexibility index (Phi) is 4.86. The Hall–Kier alpha value is -2.61. The Morgan fingerprint density at radius 2 is 2.00 bits per heavy atom. The van der Waals surface area contributed by atoms with Crippen molar-refractivity contribution in [1.82, 2.24) is 4.98 Å². The minimum Gasteiger partial charge on any atom is -0.486 e. The molecule has 3 aromatic rings. The Morgan fingerprint density at radius 3 is 2.65 bits per heavy atom. The smallest absolute Gasteiger partial charge is 0.416 e. The number of carbonyl (C=O) groups is 1. The van der Waals surface area contributed by atoms with E-state index in [0.717, 1.165) is 17.7 Å². The van der Waals surface area contributed by atoms with Crippen LogP contribution in [-0.2, 0) is 17.6 Å². The fourth-order valence-electron chi connectivity index (χ4n) is 2.41. The molecule has 0 fully saturated rings. The maximum Gasteiger partial charge on any atom is 0.416 e. The number of benzene rings is 2. The maximum atomic E-state index is 12.8. The molecule has 0 aliphatic heterocycles. The molecule has 1 heterocycles. The average molecular weight is 380 g/mol. The highest BCUT2D eigenvalue weighted by Gasteiger charge is 2.30. The van der Waals surface area contributed by atoms with E-state index >= 15 is 0 Å². The van der Waals surface area contributed by atoms with E-state index in [1.807, 2.05) is 6.92 Å². The molecule has 136 valence electrons. The van der Waals surface area contributed by atoms with E-state index in [9.17, 15) is 18.0 Å². The lowest BCUT2D eigenvalue weighted by atomic mass is 10.2. The van der Waals surface area contributed by atoms with Crippen molar-refractivity contribution in [3.8, 4) is 5.75 Å². The molecular weight excluding hydrogens is 365 g/mol. The van der Waals surface area contributed by atoms with Gasteiger partial charge in [-0.05, 0) is 48.9 Å². The highest BCUT2D eigenvalue weighted by molar-refractivity contribution is 7.18. The Labute approximate surface area is 151 Å². The number of ether oxygens (including phenoxy) is 1. The lowest BCUT2D eigenvalue weighted by Gasteiger charge is -2.09. The second kappa shape index (κ2) is 6.95. The van der Waals surface area contributed by atoms with Crippen LogP contribution in [0.25, 0.3) is 10.2 Å². The number of carbonyl (C=O) groups excluding carboxylic acids is 1. The van der Waals surface area contributed by atoms with E-state index in [0.29, 0.717) is 26.7 Å². The van der Waals surface area contributed by atoms with Gasteiger partial charge < -0.3 is 10.1 Å². The Balaban J connectivity index is 1.73. The van der Waals surface area contributed by atoms with Gasteiger partial charge in [0, 0.05) is 12.6 Å². The molecule has 0 aliphatic rings. The topological polar surface area (TPSA) is 51.2 Å². The molecule has 3 rings (SSSR count). The van der Waals surface area contributed by atoms with Gasteiger partial charge in [0.05, 0.1) is 15.8 Å². The van der Waals surface area contributed by atoms with Crippen LogP contribution in [0.4, 0.5) is 18.9 Å². The predicted molar refractivity (Wildman–Crippen MR) is 94.4 cm³/mol. The van der Waals surface area contributed by atoms with E-state index < -0.39 is 11.7 Å². The number of amides is 1. The third-order valence-corrected chi connectivity index (χ3v) is 4.62. The van der Waals surface area contributed by atoms with Crippen molar-refractivity contribution in [1.29, 1.82) is 0 Å². The number of aromatic nitrogens is 1. The zero-order valence-corrected chi connectivity index (χ0v) is 14.8. The van der Waals surface area contributed by atoms with Crippen LogP contribution in [0, 0.1) is 6.92 Å². The van der Waals surface area contributed by atoms with E-state index in [4.69, 9.17) is 4.74 Å². The number of rotatable bonds is 4. The molecule has 1 amide bonds. The second-order valence-electron chi connectivity index (χ2n) is 5.73. The lowest BCUT2D eigenvalue weighted by Crippen LogP contribution is -2.07. The highest BCUT2D eigenvalue weighted by atomic mass is 32.1. The van der Waals surface area contributed by atoms with Gasteiger partial charge in [-0.2, -0.15) is 13.2 Å². The summed E-state index contributed by atoms with van der Waals surface area (Å²) in [4.78, 5) is 15.4. The SMILES string of the molecule is CC(=O)Nc1ccc(OCc2nc3ccc(C(F)(F)F)cc3s2)cc1C. The van der Waals surface area contributed by atoms with Crippen molar-refractivity contribution >= 4 is 33.1 Å². The number of halogens is 3. The summed E-state index contributed by atoms with van der Waals surface area (Å²) in [5.41, 5.74) is 1.37. The normalized spacial score (nSPS) is 11.6. The van der Waals surface area contributed by atoms with Crippen molar-refractivity contribution in [3.63, 3.8) is 0 Å². The fourth-order valence-corrected chi connectivity index (χ4v) is 3.33. The van der Waals surface area contributed by atoms with E-state index in [1.165, 1.54) is 24.3 Å².